The van der Waals surface area contributed by atoms with E-state index in [1.807, 2.05) is 78.9 Å². The van der Waals surface area contributed by atoms with E-state index in [4.69, 9.17) is 4.74 Å². The number of para-hydroxylation sites is 2. The minimum Gasteiger partial charge on any atom is -0.494 e. The highest BCUT2D eigenvalue weighted by molar-refractivity contribution is 6.12. The van der Waals surface area contributed by atoms with Gasteiger partial charge in [-0.1, -0.05) is 69.7 Å². The van der Waals surface area contributed by atoms with Crippen LogP contribution in [-0.2, 0) is 4.79 Å². The first kappa shape index (κ1) is 24.8. The van der Waals surface area contributed by atoms with Gasteiger partial charge in [-0.15, -0.1) is 0 Å². The fourth-order valence-electron chi connectivity index (χ4n) is 5.35. The number of hydrogen-bond donors (Lipinski definition) is 1. The molecule has 1 aliphatic carbocycles. The molecule has 1 N–H and O–H groups in total. The lowest BCUT2D eigenvalue weighted by atomic mass is 9.73. The van der Waals surface area contributed by atoms with Gasteiger partial charge in [-0.2, -0.15) is 0 Å². The number of Topliss-reactive ketones (excluding diaryl/α,β-unsaturated/α-hetero) is 1. The van der Waals surface area contributed by atoms with E-state index >= 15 is 0 Å². The number of anilines is 2. The van der Waals surface area contributed by atoms with Gasteiger partial charge in [-0.3, -0.25) is 14.5 Å². The van der Waals surface area contributed by atoms with Crippen LogP contribution >= 0.6 is 0 Å². The molecule has 0 spiro atoms. The van der Waals surface area contributed by atoms with Crippen molar-refractivity contribution < 1.29 is 14.3 Å². The Hall–Kier alpha value is -3.86. The molecule has 3 aromatic rings. The summed E-state index contributed by atoms with van der Waals surface area (Å²) in [4.78, 5) is 29.9. The molecule has 37 heavy (non-hydrogen) atoms. The molecule has 5 nitrogen and oxygen atoms in total. The number of amides is 1. The van der Waals surface area contributed by atoms with Crippen molar-refractivity contribution in [2.45, 2.75) is 52.5 Å². The van der Waals surface area contributed by atoms with Gasteiger partial charge < -0.3 is 10.1 Å². The molecule has 0 saturated heterocycles. The Kier molecular flexibility index (Phi) is 6.88. The second-order valence-electron chi connectivity index (χ2n) is 10.7. The van der Waals surface area contributed by atoms with Crippen LogP contribution in [-0.4, -0.2) is 18.3 Å². The molecule has 2 aliphatic rings. The smallest absolute Gasteiger partial charge is 0.259 e. The molecule has 5 heteroatoms. The van der Waals surface area contributed by atoms with Crippen LogP contribution < -0.4 is 15.0 Å². The van der Waals surface area contributed by atoms with E-state index in [1.54, 1.807) is 4.90 Å². The van der Waals surface area contributed by atoms with Gasteiger partial charge in [0.1, 0.15) is 5.75 Å². The number of hydrogen-bond acceptors (Lipinski definition) is 4. The zero-order chi connectivity index (χ0) is 26.0. The first-order valence-corrected chi connectivity index (χ1v) is 13.1. The highest BCUT2D eigenvalue weighted by Gasteiger charge is 2.43. The van der Waals surface area contributed by atoms with E-state index in [1.165, 1.54) is 0 Å². The molecular weight excluding hydrogens is 460 g/mol. The van der Waals surface area contributed by atoms with Gasteiger partial charge in [-0.05, 0) is 60.2 Å². The zero-order valence-corrected chi connectivity index (χ0v) is 21.8. The van der Waals surface area contributed by atoms with Gasteiger partial charge in [-0.25, -0.2) is 0 Å². The van der Waals surface area contributed by atoms with Crippen molar-refractivity contribution in [2.75, 3.05) is 16.8 Å². The van der Waals surface area contributed by atoms with Crippen LogP contribution in [0, 0.1) is 5.41 Å². The number of nitrogens with one attached hydrogen (secondary N) is 1. The number of rotatable bonds is 6. The van der Waals surface area contributed by atoms with Crippen molar-refractivity contribution in [1.29, 1.82) is 0 Å². The van der Waals surface area contributed by atoms with E-state index in [2.05, 4.69) is 26.1 Å². The van der Waals surface area contributed by atoms with Crippen LogP contribution in [0.5, 0.6) is 5.75 Å². The van der Waals surface area contributed by atoms with Crippen molar-refractivity contribution in [3.63, 3.8) is 0 Å². The number of ether oxygens (including phenoxy) is 1. The van der Waals surface area contributed by atoms with Gasteiger partial charge >= 0.3 is 0 Å². The van der Waals surface area contributed by atoms with Crippen molar-refractivity contribution in [3.8, 4) is 5.75 Å². The summed E-state index contributed by atoms with van der Waals surface area (Å²) in [5, 5.41) is 3.57. The first-order valence-electron chi connectivity index (χ1n) is 13.1. The molecular formula is C32H34N2O3. The summed E-state index contributed by atoms with van der Waals surface area (Å²) in [6.45, 7) is 7.00. The Morgan fingerprint density at radius 3 is 2.54 bits per heavy atom. The summed E-state index contributed by atoms with van der Waals surface area (Å²) in [6.07, 6.45) is 3.16. The minimum absolute atomic E-state index is 0.0692. The highest BCUT2D eigenvalue weighted by atomic mass is 16.5. The van der Waals surface area contributed by atoms with Gasteiger partial charge in [0.25, 0.3) is 5.91 Å². The molecule has 0 aromatic heterocycles. The molecule has 0 fully saturated rings. The fourth-order valence-corrected chi connectivity index (χ4v) is 5.35. The number of benzene rings is 3. The number of carbonyl (C=O) groups excluding carboxylic acids is 2. The molecule has 0 saturated carbocycles. The Labute approximate surface area is 219 Å². The first-order chi connectivity index (χ1) is 17.9. The Morgan fingerprint density at radius 2 is 1.76 bits per heavy atom. The second-order valence-corrected chi connectivity index (χ2v) is 10.7. The number of carbonyl (C=O) groups is 2. The molecule has 1 heterocycles. The quantitative estimate of drug-likeness (QED) is 0.365. The predicted octanol–water partition coefficient (Wildman–Crippen LogP) is 7.32. The Bertz CT molecular complexity index is 1340. The van der Waals surface area contributed by atoms with Crippen molar-refractivity contribution >= 4 is 23.1 Å². The van der Waals surface area contributed by atoms with E-state index in [-0.39, 0.29) is 17.1 Å². The third-order valence-electron chi connectivity index (χ3n) is 7.08. The summed E-state index contributed by atoms with van der Waals surface area (Å²) in [5.41, 5.74) is 4.38. The third-order valence-corrected chi connectivity index (χ3v) is 7.08. The highest BCUT2D eigenvalue weighted by Crippen LogP contribution is 2.49. The lowest BCUT2D eigenvalue weighted by Crippen LogP contribution is -2.39. The van der Waals surface area contributed by atoms with Crippen LogP contribution in [0.25, 0.3) is 0 Å². The molecule has 1 atom stereocenters. The summed E-state index contributed by atoms with van der Waals surface area (Å²) in [7, 11) is 0. The Morgan fingerprint density at radius 1 is 1.00 bits per heavy atom. The molecule has 1 amide bonds. The number of nitrogens with zero attached hydrogens (tertiary/aromatic N) is 1. The van der Waals surface area contributed by atoms with Gasteiger partial charge in [0.15, 0.2) is 5.78 Å². The SMILES string of the molecule is CCCCOc1cccc([C@@H]2C3=C(CC(C)(C)CC3=O)Nc3ccccc3N2C(=O)c2ccccc2)c1. The maximum atomic E-state index is 14.2. The van der Waals surface area contributed by atoms with Crippen LogP contribution in [0.4, 0.5) is 11.4 Å². The summed E-state index contributed by atoms with van der Waals surface area (Å²) >= 11 is 0. The maximum absolute atomic E-state index is 14.2. The van der Waals surface area contributed by atoms with Crippen LogP contribution in [0.2, 0.25) is 0 Å². The zero-order valence-electron chi connectivity index (χ0n) is 21.8. The molecule has 190 valence electrons. The lowest BCUT2D eigenvalue weighted by Gasteiger charge is -2.37. The summed E-state index contributed by atoms with van der Waals surface area (Å²) in [6, 6.07) is 24.4. The summed E-state index contributed by atoms with van der Waals surface area (Å²) < 4.78 is 6.03. The van der Waals surface area contributed by atoms with Gasteiger partial charge in [0.2, 0.25) is 0 Å². The largest absolute Gasteiger partial charge is 0.494 e. The monoisotopic (exact) mass is 494 g/mol. The lowest BCUT2D eigenvalue weighted by molar-refractivity contribution is -0.118. The standard InChI is InChI=1S/C32H34N2O3/c1-4-5-18-37-24-15-11-14-23(19-24)30-29-26(20-32(2,3)21-28(29)35)33-25-16-9-10-17-27(25)34(30)31(36)22-12-7-6-8-13-22/h6-17,19,30,33H,4-5,18,20-21H2,1-3H3/t30-/m1/s1. The van der Waals surface area contributed by atoms with E-state index < -0.39 is 6.04 Å². The number of unbranched alkanes of at least 4 members (excludes halogenated alkanes) is 1. The third kappa shape index (κ3) is 5.04. The topological polar surface area (TPSA) is 58.6 Å². The van der Waals surface area contributed by atoms with Crippen molar-refractivity contribution in [3.05, 3.63) is 101 Å². The van der Waals surface area contributed by atoms with Gasteiger partial charge in [0, 0.05) is 23.3 Å². The number of ketones is 1. The van der Waals surface area contributed by atoms with E-state index in [9.17, 15) is 9.59 Å². The fraction of sp³-hybridized carbons (Fsp3) is 0.312. The predicted molar refractivity (Wildman–Crippen MR) is 148 cm³/mol. The second kappa shape index (κ2) is 10.3. The number of allylic oxidation sites excluding steroid dienone is 1. The molecule has 3 aromatic carbocycles. The van der Waals surface area contributed by atoms with Crippen molar-refractivity contribution in [1.82, 2.24) is 0 Å². The van der Waals surface area contributed by atoms with Crippen LogP contribution in [0.1, 0.15) is 68.4 Å². The van der Waals surface area contributed by atoms with Crippen LogP contribution in [0.15, 0.2) is 90.1 Å². The van der Waals surface area contributed by atoms with Crippen LogP contribution in [0.3, 0.4) is 0 Å². The minimum atomic E-state index is -0.586. The summed E-state index contributed by atoms with van der Waals surface area (Å²) in [5.74, 6) is 0.664. The van der Waals surface area contributed by atoms with E-state index in [0.717, 1.165) is 47.6 Å². The molecule has 0 bridgehead atoms. The molecule has 0 radical (unpaired) electrons. The number of fused-ring (bicyclic) bond motifs is 1. The Balaban J connectivity index is 1.72. The molecule has 5 rings (SSSR count). The maximum Gasteiger partial charge on any atom is 0.259 e. The normalized spacial score (nSPS) is 18.4. The van der Waals surface area contributed by atoms with E-state index in [0.29, 0.717) is 24.2 Å². The average Bonchev–Trinajstić information content (AvgIpc) is 3.03. The van der Waals surface area contributed by atoms with Crippen molar-refractivity contribution in [2.24, 2.45) is 5.41 Å². The molecule has 0 unspecified atom stereocenters. The average molecular weight is 495 g/mol. The van der Waals surface area contributed by atoms with Gasteiger partial charge in [0.05, 0.1) is 24.0 Å². The molecule has 1 aliphatic heterocycles.